The van der Waals surface area contributed by atoms with Gasteiger partial charge in [0, 0.05) is 10.7 Å². The second-order valence-corrected chi connectivity index (χ2v) is 4.18. The lowest BCUT2D eigenvalue weighted by Crippen LogP contribution is -1.97. The van der Waals surface area contributed by atoms with Gasteiger partial charge in [-0.05, 0) is 30.3 Å². The molecule has 0 spiro atoms. The molecule has 0 aliphatic heterocycles. The lowest BCUT2D eigenvalue weighted by atomic mass is 10.2. The maximum Gasteiger partial charge on any atom is 0.163 e. The number of nitriles is 1. The van der Waals surface area contributed by atoms with Crippen LogP contribution in [0.15, 0.2) is 41.0 Å². The van der Waals surface area contributed by atoms with Crippen molar-refractivity contribution in [3.05, 3.63) is 52.5 Å². The van der Waals surface area contributed by atoms with E-state index in [4.69, 9.17) is 5.26 Å². The monoisotopic (exact) mass is 291 g/mol. The van der Waals surface area contributed by atoms with E-state index in [9.17, 15) is 4.39 Å². The zero-order valence-corrected chi connectivity index (χ0v) is 10.2. The number of nitrogens with zero attached hydrogens (tertiary/aromatic N) is 2. The zero-order valence-electron chi connectivity index (χ0n) is 8.61. The number of halogens is 2. The van der Waals surface area contributed by atoms with Crippen LogP contribution < -0.4 is 5.32 Å². The van der Waals surface area contributed by atoms with Crippen molar-refractivity contribution in [3.8, 4) is 6.07 Å². The highest BCUT2D eigenvalue weighted by molar-refractivity contribution is 9.10. The van der Waals surface area contributed by atoms with Crippen LogP contribution in [0.4, 0.5) is 15.8 Å². The molecule has 0 amide bonds. The van der Waals surface area contributed by atoms with Gasteiger partial charge in [-0.2, -0.15) is 5.26 Å². The van der Waals surface area contributed by atoms with Crippen LogP contribution >= 0.6 is 15.9 Å². The minimum Gasteiger partial charge on any atom is -0.351 e. The Morgan fingerprint density at radius 3 is 2.82 bits per heavy atom. The normalized spacial score (nSPS) is 9.71. The fourth-order valence-corrected chi connectivity index (χ4v) is 1.66. The molecule has 0 atom stereocenters. The molecule has 17 heavy (non-hydrogen) atoms. The predicted molar refractivity (Wildman–Crippen MR) is 66.3 cm³/mol. The molecule has 1 aromatic carbocycles. The first-order valence-electron chi connectivity index (χ1n) is 4.78. The van der Waals surface area contributed by atoms with Gasteiger partial charge in [-0.1, -0.05) is 15.9 Å². The number of anilines is 2. The van der Waals surface area contributed by atoms with Gasteiger partial charge in [0.05, 0.1) is 11.4 Å². The molecule has 0 bridgehead atoms. The molecule has 0 fully saturated rings. The number of rotatable bonds is 2. The third kappa shape index (κ3) is 2.60. The Morgan fingerprint density at radius 1 is 1.29 bits per heavy atom. The molecule has 0 saturated heterocycles. The third-order valence-corrected chi connectivity index (χ3v) is 2.61. The van der Waals surface area contributed by atoms with Crippen molar-refractivity contribution >= 4 is 27.3 Å². The van der Waals surface area contributed by atoms with E-state index >= 15 is 0 Å². The van der Waals surface area contributed by atoms with Crippen molar-refractivity contribution in [2.45, 2.75) is 0 Å². The Balaban J connectivity index is 2.35. The smallest absolute Gasteiger partial charge is 0.163 e. The Morgan fingerprint density at radius 2 is 2.12 bits per heavy atom. The second kappa shape index (κ2) is 4.93. The summed E-state index contributed by atoms with van der Waals surface area (Å²) in [6.07, 6.45) is 1.52. The summed E-state index contributed by atoms with van der Waals surface area (Å²) in [4.78, 5) is 3.89. The summed E-state index contributed by atoms with van der Waals surface area (Å²) < 4.78 is 14.2. The summed E-state index contributed by atoms with van der Waals surface area (Å²) >= 11 is 3.18. The largest absolute Gasteiger partial charge is 0.351 e. The summed E-state index contributed by atoms with van der Waals surface area (Å²) in [5.74, 6) is -0.396. The van der Waals surface area contributed by atoms with Crippen molar-refractivity contribution in [3.63, 3.8) is 0 Å². The molecule has 0 aliphatic rings. The van der Waals surface area contributed by atoms with Crippen molar-refractivity contribution in [1.82, 2.24) is 4.98 Å². The highest BCUT2D eigenvalue weighted by Crippen LogP contribution is 2.24. The predicted octanol–water partition coefficient (Wildman–Crippen LogP) is 3.60. The molecule has 3 nitrogen and oxygen atoms in total. The van der Waals surface area contributed by atoms with Gasteiger partial charge in [0.1, 0.15) is 11.9 Å². The molecule has 0 unspecified atom stereocenters. The van der Waals surface area contributed by atoms with Gasteiger partial charge in [-0.25, -0.2) is 9.37 Å². The number of hydrogen-bond donors (Lipinski definition) is 1. The SMILES string of the molecule is N#Cc1ncccc1Nc1ccc(Br)cc1F. The fraction of sp³-hybridized carbons (Fsp3) is 0. The van der Waals surface area contributed by atoms with Crippen molar-refractivity contribution in [2.75, 3.05) is 5.32 Å². The van der Waals surface area contributed by atoms with Crippen LogP contribution in [0, 0.1) is 17.1 Å². The van der Waals surface area contributed by atoms with Crippen molar-refractivity contribution in [1.29, 1.82) is 5.26 Å². The van der Waals surface area contributed by atoms with Crippen molar-refractivity contribution in [2.24, 2.45) is 0 Å². The van der Waals surface area contributed by atoms with Crippen LogP contribution in [0.5, 0.6) is 0 Å². The average Bonchev–Trinajstić information content (AvgIpc) is 2.33. The molecule has 1 heterocycles. The Kier molecular flexibility index (Phi) is 3.35. The number of hydrogen-bond acceptors (Lipinski definition) is 3. The van der Waals surface area contributed by atoms with Gasteiger partial charge in [-0.3, -0.25) is 0 Å². The van der Waals surface area contributed by atoms with Crippen molar-refractivity contribution < 1.29 is 4.39 Å². The summed E-state index contributed by atoms with van der Waals surface area (Å²) in [6.45, 7) is 0. The minimum atomic E-state index is -0.396. The average molecular weight is 292 g/mol. The first-order valence-corrected chi connectivity index (χ1v) is 5.57. The number of nitrogens with one attached hydrogen (secondary N) is 1. The topological polar surface area (TPSA) is 48.7 Å². The molecule has 0 saturated carbocycles. The van der Waals surface area contributed by atoms with E-state index in [-0.39, 0.29) is 5.69 Å². The third-order valence-electron chi connectivity index (χ3n) is 2.11. The maximum atomic E-state index is 13.6. The highest BCUT2D eigenvalue weighted by atomic mass is 79.9. The second-order valence-electron chi connectivity index (χ2n) is 3.26. The van der Waals surface area contributed by atoms with Gasteiger partial charge >= 0.3 is 0 Å². The van der Waals surface area contributed by atoms with Crippen LogP contribution in [0.1, 0.15) is 5.69 Å². The van der Waals surface area contributed by atoms with E-state index in [2.05, 4.69) is 26.2 Å². The number of pyridine rings is 1. The van der Waals surface area contributed by atoms with Gasteiger partial charge in [0.15, 0.2) is 5.69 Å². The van der Waals surface area contributed by atoms with Crippen LogP contribution in [0.2, 0.25) is 0 Å². The molecular weight excluding hydrogens is 285 g/mol. The molecule has 1 aromatic heterocycles. The zero-order chi connectivity index (χ0) is 12.3. The van der Waals surface area contributed by atoms with Gasteiger partial charge in [-0.15, -0.1) is 0 Å². The van der Waals surface area contributed by atoms with E-state index in [0.29, 0.717) is 15.8 Å². The molecule has 2 aromatic rings. The fourth-order valence-electron chi connectivity index (χ4n) is 1.33. The van der Waals surface area contributed by atoms with E-state index in [1.165, 1.54) is 12.3 Å². The molecule has 5 heteroatoms. The van der Waals surface area contributed by atoms with E-state index < -0.39 is 5.82 Å². The minimum absolute atomic E-state index is 0.231. The molecule has 0 aliphatic carbocycles. The van der Waals surface area contributed by atoms with Gasteiger partial charge < -0.3 is 5.32 Å². The lowest BCUT2D eigenvalue weighted by molar-refractivity contribution is 0.631. The Hall–Kier alpha value is -1.93. The number of benzene rings is 1. The standard InChI is InChI=1S/C12H7BrFN3/c13-8-3-4-10(9(14)6-8)17-11-2-1-5-16-12(11)7-15/h1-6,17H. The Bertz CT molecular complexity index is 593. The molecule has 84 valence electrons. The first-order chi connectivity index (χ1) is 8.20. The summed E-state index contributed by atoms with van der Waals surface area (Å²) in [6, 6.07) is 9.95. The van der Waals surface area contributed by atoms with Gasteiger partial charge in [0.2, 0.25) is 0 Å². The summed E-state index contributed by atoms with van der Waals surface area (Å²) in [5.41, 5.74) is 1.02. The number of aromatic nitrogens is 1. The molecule has 0 radical (unpaired) electrons. The van der Waals surface area contributed by atoms with Crippen LogP contribution in [0.25, 0.3) is 0 Å². The Labute approximate surface area is 106 Å². The summed E-state index contributed by atoms with van der Waals surface area (Å²) in [5, 5.41) is 11.7. The molecular formula is C12H7BrFN3. The maximum absolute atomic E-state index is 13.6. The molecule has 1 N–H and O–H groups in total. The lowest BCUT2D eigenvalue weighted by Gasteiger charge is -2.08. The van der Waals surface area contributed by atoms with E-state index in [1.54, 1.807) is 24.3 Å². The molecule has 2 rings (SSSR count). The van der Waals surface area contributed by atoms with Crippen LogP contribution in [-0.4, -0.2) is 4.98 Å². The van der Waals surface area contributed by atoms with Crippen LogP contribution in [0.3, 0.4) is 0 Å². The first kappa shape index (κ1) is 11.6. The highest BCUT2D eigenvalue weighted by Gasteiger charge is 2.06. The van der Waals surface area contributed by atoms with E-state index in [0.717, 1.165) is 0 Å². The summed E-state index contributed by atoms with van der Waals surface area (Å²) in [7, 11) is 0. The van der Waals surface area contributed by atoms with Gasteiger partial charge in [0.25, 0.3) is 0 Å². The van der Waals surface area contributed by atoms with Crippen LogP contribution in [-0.2, 0) is 0 Å². The van der Waals surface area contributed by atoms with E-state index in [1.807, 2.05) is 6.07 Å². The quantitative estimate of drug-likeness (QED) is 0.920.